The first-order valence-electron chi connectivity index (χ1n) is 8.80. The molecule has 1 heterocycles. The van der Waals surface area contributed by atoms with Crippen LogP contribution in [0.1, 0.15) is 25.8 Å². The van der Waals surface area contributed by atoms with Gasteiger partial charge in [0, 0.05) is 13.1 Å². The van der Waals surface area contributed by atoms with E-state index in [4.69, 9.17) is 4.74 Å². The van der Waals surface area contributed by atoms with E-state index in [1.165, 1.54) is 0 Å². The maximum atomic E-state index is 13.1. The molecule has 0 aromatic heterocycles. The number of nitrogens with one attached hydrogen (secondary N) is 1. The summed E-state index contributed by atoms with van der Waals surface area (Å²) in [6, 6.07) is 7.62. The minimum absolute atomic E-state index is 0.0353. The molecule has 0 saturated carbocycles. The topological polar surface area (TPSA) is 41.6 Å². The summed E-state index contributed by atoms with van der Waals surface area (Å²) >= 11 is 0. The van der Waals surface area contributed by atoms with Gasteiger partial charge in [0.25, 0.3) is 0 Å². The van der Waals surface area contributed by atoms with Crippen LogP contribution in [-0.4, -0.2) is 50.3 Å². The Hall–Kier alpha value is -1.76. The summed E-state index contributed by atoms with van der Waals surface area (Å²) in [6.45, 7) is 4.41. The minimum atomic E-state index is -4.19. The van der Waals surface area contributed by atoms with E-state index >= 15 is 0 Å². The summed E-state index contributed by atoms with van der Waals surface area (Å²) < 4.78 is 44.5. The molecule has 4 nitrogen and oxygen atoms in total. The molecule has 1 atom stereocenters. The van der Waals surface area contributed by atoms with Gasteiger partial charge >= 0.3 is 6.18 Å². The second kappa shape index (κ2) is 8.29. The van der Waals surface area contributed by atoms with Crippen LogP contribution >= 0.6 is 0 Å². The molecule has 2 rings (SSSR count). The van der Waals surface area contributed by atoms with Crippen molar-refractivity contribution in [1.82, 2.24) is 10.2 Å². The molecule has 0 unspecified atom stereocenters. The number of methoxy groups -OCH3 is 1. The second-order valence-corrected chi connectivity index (χ2v) is 7.53. The van der Waals surface area contributed by atoms with Crippen molar-refractivity contribution in [2.75, 3.05) is 33.3 Å². The van der Waals surface area contributed by atoms with Crippen molar-refractivity contribution in [3.8, 4) is 5.75 Å². The average Bonchev–Trinajstić information content (AvgIpc) is 2.53. The zero-order chi connectivity index (χ0) is 19.4. The Morgan fingerprint density at radius 2 is 2.12 bits per heavy atom. The van der Waals surface area contributed by atoms with Crippen LogP contribution in [0.3, 0.4) is 0 Å². The Labute approximate surface area is 152 Å². The molecule has 1 fully saturated rings. The van der Waals surface area contributed by atoms with E-state index < -0.39 is 17.5 Å². The van der Waals surface area contributed by atoms with Gasteiger partial charge in [0.1, 0.15) is 5.75 Å². The van der Waals surface area contributed by atoms with E-state index in [2.05, 4.69) is 5.32 Å². The van der Waals surface area contributed by atoms with Crippen molar-refractivity contribution in [2.45, 2.75) is 32.9 Å². The fourth-order valence-electron chi connectivity index (χ4n) is 3.64. The average molecular weight is 372 g/mol. The van der Waals surface area contributed by atoms with Crippen molar-refractivity contribution in [2.24, 2.45) is 11.3 Å². The number of likely N-dealkylation sites (tertiary alicyclic amines) is 1. The highest BCUT2D eigenvalue weighted by molar-refractivity contribution is 5.78. The third kappa shape index (κ3) is 5.62. The summed E-state index contributed by atoms with van der Waals surface area (Å²) in [5.41, 5.74) is 0.161. The van der Waals surface area contributed by atoms with Gasteiger partial charge in [-0.1, -0.05) is 26.0 Å². The second-order valence-electron chi connectivity index (χ2n) is 7.53. The largest absolute Gasteiger partial charge is 0.497 e. The highest BCUT2D eigenvalue weighted by Gasteiger charge is 2.51. The number of hydrogen-bond donors (Lipinski definition) is 1. The summed E-state index contributed by atoms with van der Waals surface area (Å²) in [4.78, 5) is 13.9. The van der Waals surface area contributed by atoms with E-state index in [-0.39, 0.29) is 32.0 Å². The first kappa shape index (κ1) is 20.6. The third-order valence-corrected chi connectivity index (χ3v) is 4.94. The van der Waals surface area contributed by atoms with Gasteiger partial charge in [-0.3, -0.25) is 9.69 Å². The summed E-state index contributed by atoms with van der Waals surface area (Å²) in [5.74, 6) is -0.708. The fraction of sp³-hybridized carbons (Fsp3) is 0.632. The lowest BCUT2D eigenvalue weighted by atomic mass is 9.73. The van der Waals surface area contributed by atoms with Gasteiger partial charge in [-0.25, -0.2) is 0 Å². The summed E-state index contributed by atoms with van der Waals surface area (Å²) in [6.07, 6.45) is -3.48. The molecule has 0 aliphatic carbocycles. The van der Waals surface area contributed by atoms with Gasteiger partial charge in [0.2, 0.25) is 5.91 Å². The zero-order valence-electron chi connectivity index (χ0n) is 15.5. The van der Waals surface area contributed by atoms with Crippen molar-refractivity contribution >= 4 is 5.91 Å². The molecular formula is C19H27F3N2O2. The third-order valence-electron chi connectivity index (χ3n) is 4.94. The van der Waals surface area contributed by atoms with Crippen molar-refractivity contribution in [1.29, 1.82) is 0 Å². The molecule has 1 saturated heterocycles. The first-order chi connectivity index (χ1) is 12.1. The number of hydrogen-bond acceptors (Lipinski definition) is 3. The summed E-state index contributed by atoms with van der Waals surface area (Å²) in [7, 11) is 1.60. The normalized spacial score (nSPS) is 20.6. The van der Waals surface area contributed by atoms with E-state index in [9.17, 15) is 18.0 Å². The van der Waals surface area contributed by atoms with Gasteiger partial charge in [-0.05, 0) is 42.5 Å². The van der Waals surface area contributed by atoms with Crippen LogP contribution in [0.25, 0.3) is 0 Å². The molecule has 7 heteroatoms. The zero-order valence-corrected chi connectivity index (χ0v) is 15.5. The lowest BCUT2D eigenvalue weighted by molar-refractivity contribution is -0.216. The number of amides is 1. The number of carbonyl (C=O) groups is 1. The number of halogens is 3. The van der Waals surface area contributed by atoms with Crippen LogP contribution in [0.4, 0.5) is 13.2 Å². The van der Waals surface area contributed by atoms with Crippen molar-refractivity contribution in [3.05, 3.63) is 29.8 Å². The number of rotatable bonds is 6. The minimum Gasteiger partial charge on any atom is -0.497 e. The van der Waals surface area contributed by atoms with Gasteiger partial charge in [0.15, 0.2) is 0 Å². The predicted octanol–water partition coefficient (Wildman–Crippen LogP) is 3.26. The highest BCUT2D eigenvalue weighted by atomic mass is 19.4. The Bertz CT molecular complexity index is 617. The van der Waals surface area contributed by atoms with E-state index in [0.29, 0.717) is 13.0 Å². The van der Waals surface area contributed by atoms with Crippen LogP contribution in [0, 0.1) is 11.3 Å². The maximum absolute atomic E-state index is 13.1. The molecule has 1 aromatic carbocycles. The van der Waals surface area contributed by atoms with E-state index in [1.807, 2.05) is 29.2 Å². The first-order valence-corrected chi connectivity index (χ1v) is 8.80. The maximum Gasteiger partial charge on any atom is 0.392 e. The Kier molecular flexibility index (Phi) is 6.55. The number of piperidine rings is 1. The van der Waals surface area contributed by atoms with Crippen molar-refractivity contribution in [3.63, 3.8) is 0 Å². The standard InChI is InChI=1S/C19H27F3N2O2/c1-18(2)13-24(10-8-16(18)19(20,21)22)12-17(25)23-9-7-14-5-4-6-15(11-14)26-3/h4-6,11,16H,7-10,12-13H2,1-3H3,(H,23,25)/t16-/m1/s1. The monoisotopic (exact) mass is 372 g/mol. The SMILES string of the molecule is COc1cccc(CCNC(=O)CN2CC[C@@H](C(F)(F)F)C(C)(C)C2)c1. The molecule has 1 aliphatic rings. The number of nitrogens with zero attached hydrogens (tertiary/aromatic N) is 1. The number of carbonyl (C=O) groups excluding carboxylic acids is 1. The molecule has 1 aliphatic heterocycles. The van der Waals surface area contributed by atoms with E-state index in [1.54, 1.807) is 21.0 Å². The number of benzene rings is 1. The number of ether oxygens (including phenoxy) is 1. The van der Waals surface area contributed by atoms with Crippen LogP contribution < -0.4 is 10.1 Å². The van der Waals surface area contributed by atoms with Gasteiger partial charge in [-0.15, -0.1) is 0 Å². The quantitative estimate of drug-likeness (QED) is 0.833. The Balaban J connectivity index is 1.78. The lowest BCUT2D eigenvalue weighted by Gasteiger charge is -2.44. The van der Waals surface area contributed by atoms with Crippen LogP contribution in [0.2, 0.25) is 0 Å². The fourth-order valence-corrected chi connectivity index (χ4v) is 3.64. The lowest BCUT2D eigenvalue weighted by Crippen LogP contribution is -2.52. The predicted molar refractivity (Wildman–Crippen MR) is 94.1 cm³/mol. The van der Waals surface area contributed by atoms with Crippen LogP contribution in [0.15, 0.2) is 24.3 Å². The van der Waals surface area contributed by atoms with Gasteiger partial charge < -0.3 is 10.1 Å². The van der Waals surface area contributed by atoms with Crippen LogP contribution in [-0.2, 0) is 11.2 Å². The Morgan fingerprint density at radius 3 is 2.73 bits per heavy atom. The van der Waals surface area contributed by atoms with Crippen LogP contribution in [0.5, 0.6) is 5.75 Å². The van der Waals surface area contributed by atoms with E-state index in [0.717, 1.165) is 11.3 Å². The van der Waals surface area contributed by atoms with Gasteiger partial charge in [-0.2, -0.15) is 13.2 Å². The number of alkyl halides is 3. The molecule has 146 valence electrons. The molecule has 26 heavy (non-hydrogen) atoms. The molecule has 1 N–H and O–H groups in total. The summed E-state index contributed by atoms with van der Waals surface area (Å²) in [5, 5.41) is 2.84. The molecule has 1 amide bonds. The molecule has 1 aromatic rings. The van der Waals surface area contributed by atoms with Gasteiger partial charge in [0.05, 0.1) is 19.6 Å². The smallest absolute Gasteiger partial charge is 0.392 e. The molecular weight excluding hydrogens is 345 g/mol. The molecule has 0 radical (unpaired) electrons. The Morgan fingerprint density at radius 1 is 1.38 bits per heavy atom. The molecule has 0 spiro atoms. The van der Waals surface area contributed by atoms with Crippen molar-refractivity contribution < 1.29 is 22.7 Å². The highest BCUT2D eigenvalue weighted by Crippen LogP contribution is 2.44. The molecule has 0 bridgehead atoms.